The van der Waals surface area contributed by atoms with Crippen LogP contribution in [-0.2, 0) is 9.59 Å². The molecule has 0 aliphatic carbocycles. The lowest BCUT2D eigenvalue weighted by molar-refractivity contribution is -0.139. The Morgan fingerprint density at radius 3 is 2.00 bits per heavy atom. The van der Waals surface area contributed by atoms with Gasteiger partial charge in [0, 0.05) is 12.5 Å². The van der Waals surface area contributed by atoms with Crippen molar-refractivity contribution in [2.24, 2.45) is 11.3 Å². The Morgan fingerprint density at radius 2 is 1.69 bits per heavy atom. The molecule has 0 aliphatic heterocycles. The molecule has 13 heavy (non-hydrogen) atoms. The predicted octanol–water partition coefficient (Wildman–Crippen LogP) is 1.37. The highest BCUT2D eigenvalue weighted by Gasteiger charge is 2.19. The number of hydrogen-bond acceptors (Lipinski definition) is 2. The third kappa shape index (κ3) is 5.39. The van der Waals surface area contributed by atoms with Crippen molar-refractivity contribution in [2.45, 2.75) is 34.6 Å². The van der Waals surface area contributed by atoms with Gasteiger partial charge in [-0.3, -0.25) is 9.59 Å². The van der Waals surface area contributed by atoms with Gasteiger partial charge in [0.15, 0.2) is 0 Å². The van der Waals surface area contributed by atoms with Gasteiger partial charge in [-0.05, 0) is 5.41 Å². The zero-order valence-electron chi connectivity index (χ0n) is 9.10. The fourth-order valence-corrected chi connectivity index (χ4v) is 0.695. The Labute approximate surface area is 79.9 Å². The third-order valence-electron chi connectivity index (χ3n) is 1.53. The molecule has 3 nitrogen and oxygen atoms in total. The summed E-state index contributed by atoms with van der Waals surface area (Å²) in [7, 11) is 0. The number of Topliss-reactive ketones (excluding diaryl/α,β-unsaturated/α-hetero) is 1. The smallest absolute Gasteiger partial charge is 0.287 e. The first-order valence-electron chi connectivity index (χ1n) is 4.56. The predicted molar refractivity (Wildman–Crippen MR) is 52.3 cm³/mol. The first-order valence-corrected chi connectivity index (χ1v) is 4.56. The number of amides is 1. The molecule has 0 spiro atoms. The maximum absolute atomic E-state index is 11.2. The van der Waals surface area contributed by atoms with Gasteiger partial charge in [-0.25, -0.2) is 0 Å². The molecule has 1 amide bonds. The van der Waals surface area contributed by atoms with Crippen molar-refractivity contribution in [1.82, 2.24) is 5.32 Å². The summed E-state index contributed by atoms with van der Waals surface area (Å²) in [4.78, 5) is 22.3. The molecular formula is C10H19NO2. The van der Waals surface area contributed by atoms with E-state index in [1.54, 1.807) is 13.8 Å². The van der Waals surface area contributed by atoms with Crippen LogP contribution in [0.3, 0.4) is 0 Å². The monoisotopic (exact) mass is 185 g/mol. The Balaban J connectivity index is 3.96. The van der Waals surface area contributed by atoms with Crippen molar-refractivity contribution < 1.29 is 9.59 Å². The van der Waals surface area contributed by atoms with E-state index in [4.69, 9.17) is 0 Å². The lowest BCUT2D eigenvalue weighted by Crippen LogP contribution is -2.38. The lowest BCUT2D eigenvalue weighted by Gasteiger charge is -2.18. The second-order valence-electron chi connectivity index (χ2n) is 4.76. The molecule has 0 aromatic heterocycles. The van der Waals surface area contributed by atoms with E-state index in [9.17, 15) is 9.59 Å². The second-order valence-corrected chi connectivity index (χ2v) is 4.76. The van der Waals surface area contributed by atoms with Gasteiger partial charge < -0.3 is 5.32 Å². The van der Waals surface area contributed by atoms with Gasteiger partial charge in [-0.1, -0.05) is 34.6 Å². The average Bonchev–Trinajstić information content (AvgIpc) is 1.97. The SMILES string of the molecule is CC(C)C(=O)C(=O)NCC(C)(C)C. The van der Waals surface area contributed by atoms with E-state index in [0.717, 1.165) is 0 Å². The van der Waals surface area contributed by atoms with Gasteiger partial charge in [0.25, 0.3) is 5.91 Å². The fraction of sp³-hybridized carbons (Fsp3) is 0.800. The number of carbonyl (C=O) groups excluding carboxylic acids is 2. The molecule has 0 aromatic carbocycles. The van der Waals surface area contributed by atoms with E-state index in [0.29, 0.717) is 6.54 Å². The summed E-state index contributed by atoms with van der Waals surface area (Å²) in [5.41, 5.74) is 0.0208. The molecule has 0 atom stereocenters. The van der Waals surface area contributed by atoms with Crippen LogP contribution in [0.2, 0.25) is 0 Å². The van der Waals surface area contributed by atoms with Crippen molar-refractivity contribution in [1.29, 1.82) is 0 Å². The largest absolute Gasteiger partial charge is 0.349 e. The molecule has 0 rings (SSSR count). The van der Waals surface area contributed by atoms with E-state index in [1.165, 1.54) is 0 Å². The second kappa shape index (κ2) is 4.40. The summed E-state index contributed by atoms with van der Waals surface area (Å²) in [6, 6.07) is 0. The molecule has 76 valence electrons. The molecule has 3 heteroatoms. The average molecular weight is 185 g/mol. The van der Waals surface area contributed by atoms with Crippen LogP contribution in [0.5, 0.6) is 0 Å². The highest BCUT2D eigenvalue weighted by Crippen LogP contribution is 2.10. The normalized spacial score (nSPS) is 11.5. The topological polar surface area (TPSA) is 46.2 Å². The van der Waals surface area contributed by atoms with Gasteiger partial charge in [-0.15, -0.1) is 0 Å². The zero-order valence-corrected chi connectivity index (χ0v) is 9.10. The van der Waals surface area contributed by atoms with Gasteiger partial charge >= 0.3 is 0 Å². The van der Waals surface area contributed by atoms with E-state index in [2.05, 4.69) is 5.32 Å². The molecule has 0 radical (unpaired) electrons. The van der Waals surface area contributed by atoms with Crippen molar-refractivity contribution in [3.05, 3.63) is 0 Å². The lowest BCUT2D eigenvalue weighted by atomic mass is 9.97. The van der Waals surface area contributed by atoms with Gasteiger partial charge in [-0.2, -0.15) is 0 Å². The standard InChI is InChI=1S/C10H19NO2/c1-7(2)8(12)9(13)11-6-10(3,4)5/h7H,6H2,1-5H3,(H,11,13). The summed E-state index contributed by atoms with van der Waals surface area (Å²) >= 11 is 0. The quantitative estimate of drug-likeness (QED) is 0.675. The molecule has 0 saturated carbocycles. The Morgan fingerprint density at radius 1 is 1.23 bits per heavy atom. The summed E-state index contributed by atoms with van der Waals surface area (Å²) in [6.45, 7) is 10.00. The maximum Gasteiger partial charge on any atom is 0.287 e. The molecule has 0 bridgehead atoms. The highest BCUT2D eigenvalue weighted by atomic mass is 16.2. The fourth-order valence-electron chi connectivity index (χ4n) is 0.695. The van der Waals surface area contributed by atoms with Crippen LogP contribution in [0.15, 0.2) is 0 Å². The summed E-state index contributed by atoms with van der Waals surface area (Å²) in [6.07, 6.45) is 0. The zero-order chi connectivity index (χ0) is 10.6. The van der Waals surface area contributed by atoms with E-state index < -0.39 is 5.91 Å². The number of hydrogen-bond donors (Lipinski definition) is 1. The van der Waals surface area contributed by atoms with E-state index >= 15 is 0 Å². The molecule has 0 heterocycles. The van der Waals surface area contributed by atoms with Crippen molar-refractivity contribution in [3.63, 3.8) is 0 Å². The van der Waals surface area contributed by atoms with Crippen LogP contribution in [0.4, 0.5) is 0 Å². The molecule has 0 aromatic rings. The molecule has 0 fully saturated rings. The Hall–Kier alpha value is -0.860. The summed E-state index contributed by atoms with van der Waals surface area (Å²) in [5.74, 6) is -1.03. The van der Waals surface area contributed by atoms with Crippen LogP contribution in [0.25, 0.3) is 0 Å². The van der Waals surface area contributed by atoms with E-state index in [1.807, 2.05) is 20.8 Å². The van der Waals surface area contributed by atoms with Gasteiger partial charge in [0.1, 0.15) is 0 Å². The Kier molecular flexibility index (Phi) is 4.11. The number of carbonyl (C=O) groups is 2. The minimum atomic E-state index is -0.468. The van der Waals surface area contributed by atoms with Crippen molar-refractivity contribution in [3.8, 4) is 0 Å². The third-order valence-corrected chi connectivity index (χ3v) is 1.53. The number of rotatable bonds is 3. The highest BCUT2D eigenvalue weighted by molar-refractivity contribution is 6.36. The van der Waals surface area contributed by atoms with Crippen LogP contribution in [0, 0.1) is 11.3 Å². The minimum absolute atomic E-state index is 0.0208. The summed E-state index contributed by atoms with van der Waals surface area (Å²) < 4.78 is 0. The summed E-state index contributed by atoms with van der Waals surface area (Å²) in [5, 5.41) is 2.62. The number of nitrogens with one attached hydrogen (secondary N) is 1. The minimum Gasteiger partial charge on any atom is -0.349 e. The number of ketones is 1. The van der Waals surface area contributed by atoms with Crippen molar-refractivity contribution >= 4 is 11.7 Å². The van der Waals surface area contributed by atoms with E-state index in [-0.39, 0.29) is 17.1 Å². The first-order chi connectivity index (χ1) is 5.74. The van der Waals surface area contributed by atoms with Gasteiger partial charge in [0.05, 0.1) is 0 Å². The van der Waals surface area contributed by atoms with Crippen LogP contribution >= 0.6 is 0 Å². The Bertz CT molecular complexity index is 201. The van der Waals surface area contributed by atoms with Gasteiger partial charge in [0.2, 0.25) is 5.78 Å². The molecule has 0 unspecified atom stereocenters. The molecule has 1 N–H and O–H groups in total. The van der Waals surface area contributed by atoms with Crippen molar-refractivity contribution in [2.75, 3.05) is 6.54 Å². The molecular weight excluding hydrogens is 166 g/mol. The van der Waals surface area contributed by atoms with Crippen LogP contribution in [0.1, 0.15) is 34.6 Å². The first kappa shape index (κ1) is 12.1. The maximum atomic E-state index is 11.2. The molecule has 0 saturated heterocycles. The molecule has 0 aliphatic rings. The van der Waals surface area contributed by atoms with Crippen LogP contribution in [-0.4, -0.2) is 18.2 Å². The van der Waals surface area contributed by atoms with Crippen LogP contribution < -0.4 is 5.32 Å².